The van der Waals surface area contributed by atoms with Crippen molar-refractivity contribution in [3.8, 4) is 0 Å². The molecule has 4 rings (SSSR count). The number of piperidine rings is 1. The predicted octanol–water partition coefficient (Wildman–Crippen LogP) is 2.31. The SMILES string of the molecule is O=C([C@@H]1C[C@H]1c1cccnc1)N1CCC[C@@H](c2ccn[nH]2)C1. The van der Waals surface area contributed by atoms with Crippen LogP contribution in [0.15, 0.2) is 36.8 Å². The molecule has 0 aromatic carbocycles. The Morgan fingerprint density at radius 1 is 1.32 bits per heavy atom. The number of hydrogen-bond acceptors (Lipinski definition) is 3. The van der Waals surface area contributed by atoms with Gasteiger partial charge < -0.3 is 4.90 Å². The lowest BCUT2D eigenvalue weighted by Crippen LogP contribution is -2.40. The molecule has 5 heteroatoms. The first-order valence-corrected chi connectivity index (χ1v) is 8.01. The molecule has 1 saturated carbocycles. The van der Waals surface area contributed by atoms with Crippen LogP contribution in [0.3, 0.4) is 0 Å². The van der Waals surface area contributed by atoms with Crippen molar-refractivity contribution in [2.24, 2.45) is 5.92 Å². The highest BCUT2D eigenvalue weighted by Gasteiger charge is 2.46. The van der Waals surface area contributed by atoms with Crippen molar-refractivity contribution < 1.29 is 4.79 Å². The van der Waals surface area contributed by atoms with Gasteiger partial charge in [-0.15, -0.1) is 0 Å². The Labute approximate surface area is 129 Å². The van der Waals surface area contributed by atoms with E-state index in [1.165, 1.54) is 5.56 Å². The van der Waals surface area contributed by atoms with Gasteiger partial charge in [0.1, 0.15) is 0 Å². The third-order valence-electron chi connectivity index (χ3n) is 4.92. The second-order valence-corrected chi connectivity index (χ2v) is 6.37. The minimum absolute atomic E-state index is 0.157. The van der Waals surface area contributed by atoms with Crippen molar-refractivity contribution in [2.75, 3.05) is 13.1 Å². The van der Waals surface area contributed by atoms with Crippen LogP contribution in [0, 0.1) is 5.92 Å². The van der Waals surface area contributed by atoms with E-state index < -0.39 is 0 Å². The normalized spacial score (nSPS) is 27.6. The van der Waals surface area contributed by atoms with Crippen LogP contribution in [0.25, 0.3) is 0 Å². The average Bonchev–Trinajstić information content (AvgIpc) is 3.19. The van der Waals surface area contributed by atoms with Crippen LogP contribution in [-0.4, -0.2) is 39.1 Å². The van der Waals surface area contributed by atoms with E-state index in [1.54, 1.807) is 12.4 Å². The summed E-state index contributed by atoms with van der Waals surface area (Å²) in [5.41, 5.74) is 2.35. The third-order valence-corrected chi connectivity index (χ3v) is 4.92. The Balaban J connectivity index is 1.41. The van der Waals surface area contributed by atoms with E-state index >= 15 is 0 Å². The summed E-state index contributed by atoms with van der Waals surface area (Å²) in [4.78, 5) is 19.0. The van der Waals surface area contributed by atoms with Gasteiger partial charge in [-0.25, -0.2) is 0 Å². The first kappa shape index (κ1) is 13.5. The number of nitrogens with one attached hydrogen (secondary N) is 1. The van der Waals surface area contributed by atoms with Crippen molar-refractivity contribution in [1.29, 1.82) is 0 Å². The monoisotopic (exact) mass is 296 g/mol. The molecule has 0 bridgehead atoms. The first-order valence-electron chi connectivity index (χ1n) is 8.01. The van der Waals surface area contributed by atoms with Crippen molar-refractivity contribution in [3.63, 3.8) is 0 Å². The molecule has 2 fully saturated rings. The first-order chi connectivity index (χ1) is 10.8. The van der Waals surface area contributed by atoms with Crippen molar-refractivity contribution >= 4 is 5.91 Å². The standard InChI is InChI=1S/C17H20N4O/c22-17(15-9-14(15)12-3-1-6-18-10-12)21-8-2-4-13(11-21)16-5-7-19-20-16/h1,3,5-7,10,13-15H,2,4,8-9,11H2,(H,19,20)/t13-,14+,15-/m1/s1. The fraction of sp³-hybridized carbons (Fsp3) is 0.471. The fourth-order valence-electron chi connectivity index (χ4n) is 3.59. The molecule has 114 valence electrons. The summed E-state index contributed by atoms with van der Waals surface area (Å²) in [6.45, 7) is 1.71. The number of nitrogens with zero attached hydrogens (tertiary/aromatic N) is 3. The summed E-state index contributed by atoms with van der Waals surface area (Å²) in [7, 11) is 0. The number of hydrogen-bond donors (Lipinski definition) is 1. The summed E-state index contributed by atoms with van der Waals surface area (Å²) in [5.74, 6) is 1.24. The number of pyridine rings is 1. The molecule has 0 spiro atoms. The maximum atomic E-state index is 12.7. The number of aromatic amines is 1. The number of carbonyl (C=O) groups is 1. The van der Waals surface area contributed by atoms with Crippen LogP contribution in [0.1, 0.15) is 42.4 Å². The molecule has 1 aliphatic heterocycles. The van der Waals surface area contributed by atoms with Gasteiger partial charge in [0.25, 0.3) is 0 Å². The fourth-order valence-corrected chi connectivity index (χ4v) is 3.59. The van der Waals surface area contributed by atoms with E-state index in [-0.39, 0.29) is 5.92 Å². The van der Waals surface area contributed by atoms with E-state index in [0.717, 1.165) is 38.0 Å². The summed E-state index contributed by atoms with van der Waals surface area (Å²) >= 11 is 0. The maximum absolute atomic E-state index is 12.7. The highest BCUT2D eigenvalue weighted by molar-refractivity contribution is 5.83. The summed E-state index contributed by atoms with van der Waals surface area (Å²) < 4.78 is 0. The second-order valence-electron chi connectivity index (χ2n) is 6.37. The minimum atomic E-state index is 0.157. The molecule has 3 atom stereocenters. The Hall–Kier alpha value is -2.17. The highest BCUT2D eigenvalue weighted by atomic mass is 16.2. The zero-order valence-corrected chi connectivity index (χ0v) is 12.5. The van der Waals surface area contributed by atoms with Crippen molar-refractivity contribution in [2.45, 2.75) is 31.1 Å². The zero-order chi connectivity index (χ0) is 14.9. The molecule has 1 saturated heterocycles. The number of H-pyrrole nitrogens is 1. The largest absolute Gasteiger partial charge is 0.342 e. The molecule has 1 N–H and O–H groups in total. The average molecular weight is 296 g/mol. The maximum Gasteiger partial charge on any atom is 0.226 e. The molecule has 2 aromatic rings. The molecule has 1 aliphatic carbocycles. The Morgan fingerprint density at radius 3 is 3.05 bits per heavy atom. The molecular formula is C17H20N4O. The van der Waals surface area contributed by atoms with Gasteiger partial charge in [0.15, 0.2) is 0 Å². The molecule has 1 amide bonds. The number of likely N-dealkylation sites (tertiary alicyclic amines) is 1. The van der Waals surface area contributed by atoms with E-state index in [9.17, 15) is 4.79 Å². The van der Waals surface area contributed by atoms with Crippen LogP contribution in [-0.2, 0) is 4.79 Å². The van der Waals surface area contributed by atoms with Gasteiger partial charge in [-0.05, 0) is 42.9 Å². The predicted molar refractivity (Wildman–Crippen MR) is 82.2 cm³/mol. The molecule has 3 heterocycles. The molecule has 0 unspecified atom stereocenters. The number of amides is 1. The highest BCUT2D eigenvalue weighted by Crippen LogP contribution is 2.48. The van der Waals surface area contributed by atoms with Crippen LogP contribution in [0.4, 0.5) is 0 Å². The molecule has 2 aromatic heterocycles. The van der Waals surface area contributed by atoms with E-state index in [4.69, 9.17) is 0 Å². The van der Waals surface area contributed by atoms with E-state index in [1.807, 2.05) is 18.3 Å². The van der Waals surface area contributed by atoms with Gasteiger partial charge >= 0.3 is 0 Å². The lowest BCUT2D eigenvalue weighted by atomic mass is 9.94. The Kier molecular flexibility index (Phi) is 3.41. The van der Waals surface area contributed by atoms with Gasteiger partial charge in [0.05, 0.1) is 0 Å². The smallest absolute Gasteiger partial charge is 0.226 e. The van der Waals surface area contributed by atoms with E-state index in [0.29, 0.717) is 17.7 Å². The number of carbonyl (C=O) groups excluding carboxylic acids is 1. The lowest BCUT2D eigenvalue weighted by molar-refractivity contribution is -0.133. The van der Waals surface area contributed by atoms with Crippen molar-refractivity contribution in [1.82, 2.24) is 20.1 Å². The van der Waals surface area contributed by atoms with Crippen LogP contribution in [0.2, 0.25) is 0 Å². The molecule has 2 aliphatic rings. The minimum Gasteiger partial charge on any atom is -0.342 e. The van der Waals surface area contributed by atoms with Gasteiger partial charge in [-0.1, -0.05) is 6.07 Å². The molecule has 22 heavy (non-hydrogen) atoms. The number of aromatic nitrogens is 3. The zero-order valence-electron chi connectivity index (χ0n) is 12.5. The Bertz CT molecular complexity index is 640. The summed E-state index contributed by atoms with van der Waals surface area (Å²) in [5, 5.41) is 7.08. The van der Waals surface area contributed by atoms with Gasteiger partial charge in [-0.3, -0.25) is 14.9 Å². The molecule has 0 radical (unpaired) electrons. The van der Waals surface area contributed by atoms with Crippen LogP contribution in [0.5, 0.6) is 0 Å². The van der Waals surface area contributed by atoms with Gasteiger partial charge in [-0.2, -0.15) is 5.10 Å². The van der Waals surface area contributed by atoms with Crippen LogP contribution < -0.4 is 0 Å². The van der Waals surface area contributed by atoms with E-state index in [2.05, 4.69) is 26.1 Å². The quantitative estimate of drug-likeness (QED) is 0.945. The van der Waals surface area contributed by atoms with Crippen LogP contribution >= 0.6 is 0 Å². The molecule has 5 nitrogen and oxygen atoms in total. The topological polar surface area (TPSA) is 61.9 Å². The lowest BCUT2D eigenvalue weighted by Gasteiger charge is -2.32. The van der Waals surface area contributed by atoms with Gasteiger partial charge in [0, 0.05) is 49.2 Å². The Morgan fingerprint density at radius 2 is 2.27 bits per heavy atom. The number of rotatable bonds is 3. The molecular weight excluding hydrogens is 276 g/mol. The third kappa shape index (κ3) is 2.51. The van der Waals surface area contributed by atoms with Gasteiger partial charge in [0.2, 0.25) is 5.91 Å². The van der Waals surface area contributed by atoms with Crippen molar-refractivity contribution in [3.05, 3.63) is 48.0 Å². The summed E-state index contributed by atoms with van der Waals surface area (Å²) in [6.07, 6.45) is 8.62. The summed E-state index contributed by atoms with van der Waals surface area (Å²) in [6, 6.07) is 6.05. The second kappa shape index (κ2) is 5.55.